The van der Waals surface area contributed by atoms with Crippen LogP contribution in [0.4, 0.5) is 10.2 Å². The lowest BCUT2D eigenvalue weighted by Crippen LogP contribution is -2.46. The van der Waals surface area contributed by atoms with Crippen LogP contribution < -0.4 is 9.64 Å². The van der Waals surface area contributed by atoms with Gasteiger partial charge in [0.15, 0.2) is 23.5 Å². The van der Waals surface area contributed by atoms with Crippen LogP contribution in [0, 0.1) is 12.7 Å². The average molecular weight is 460 g/mol. The third-order valence-corrected chi connectivity index (χ3v) is 5.47. The molecule has 1 aliphatic heterocycles. The predicted octanol–water partition coefficient (Wildman–Crippen LogP) is 2.83. The topological polar surface area (TPSA) is 95.1 Å². The minimum Gasteiger partial charge on any atom is -0.481 e. The van der Waals surface area contributed by atoms with Gasteiger partial charge in [-0.1, -0.05) is 6.07 Å². The number of pyridine rings is 1. The zero-order valence-corrected chi connectivity index (χ0v) is 18.6. The lowest BCUT2D eigenvalue weighted by atomic mass is 10.0. The van der Waals surface area contributed by atoms with Gasteiger partial charge in [0.2, 0.25) is 0 Å². The summed E-state index contributed by atoms with van der Waals surface area (Å²) >= 11 is 0. The van der Waals surface area contributed by atoms with E-state index in [2.05, 4.69) is 15.2 Å². The van der Waals surface area contributed by atoms with E-state index >= 15 is 0 Å². The molecule has 10 heteroatoms. The predicted molar refractivity (Wildman–Crippen MR) is 121 cm³/mol. The van der Waals surface area contributed by atoms with Crippen molar-refractivity contribution in [3.8, 4) is 17.3 Å². The summed E-state index contributed by atoms with van der Waals surface area (Å²) in [7, 11) is 0. The molecule has 0 saturated carbocycles. The molecule has 9 nitrogen and oxygen atoms in total. The fourth-order valence-corrected chi connectivity index (χ4v) is 3.84. The van der Waals surface area contributed by atoms with Gasteiger partial charge in [0.25, 0.3) is 5.91 Å². The molecule has 1 aliphatic rings. The van der Waals surface area contributed by atoms with Gasteiger partial charge in [0.05, 0.1) is 12.2 Å². The van der Waals surface area contributed by atoms with Crippen molar-refractivity contribution in [1.82, 2.24) is 24.5 Å². The zero-order chi connectivity index (χ0) is 23.8. The van der Waals surface area contributed by atoms with Crippen LogP contribution in [0.3, 0.4) is 0 Å². The molecule has 0 bridgehead atoms. The molecule has 1 amide bonds. The SMILES string of the molecule is Cc1ccn(-c2ccc3c(n2)N(C(=O)C(C)Oc2ccc(-n4cccn4)c(F)c2)CC(=O)C3)n1. The summed E-state index contributed by atoms with van der Waals surface area (Å²) in [6.45, 7) is 3.31. The highest BCUT2D eigenvalue weighted by Crippen LogP contribution is 2.27. The van der Waals surface area contributed by atoms with Crippen molar-refractivity contribution >= 4 is 17.5 Å². The molecule has 1 aromatic carbocycles. The summed E-state index contributed by atoms with van der Waals surface area (Å²) < 4.78 is 23.3. The number of aryl methyl sites for hydroxylation is 1. The maximum Gasteiger partial charge on any atom is 0.269 e. The summed E-state index contributed by atoms with van der Waals surface area (Å²) in [5, 5.41) is 8.37. The lowest BCUT2D eigenvalue weighted by Gasteiger charge is -2.30. The molecule has 0 fully saturated rings. The minimum absolute atomic E-state index is 0.104. The number of rotatable bonds is 5. The van der Waals surface area contributed by atoms with Crippen LogP contribution >= 0.6 is 0 Å². The number of amides is 1. The third-order valence-electron chi connectivity index (χ3n) is 5.47. The Labute approximate surface area is 194 Å². The Hall–Kier alpha value is -4.34. The average Bonchev–Trinajstić information content (AvgIpc) is 3.50. The number of hydrogen-bond acceptors (Lipinski definition) is 6. The minimum atomic E-state index is -0.980. The van der Waals surface area contributed by atoms with Crippen LogP contribution in [0.25, 0.3) is 11.5 Å². The molecule has 172 valence electrons. The van der Waals surface area contributed by atoms with E-state index in [4.69, 9.17) is 4.74 Å². The van der Waals surface area contributed by atoms with E-state index in [-0.39, 0.29) is 30.2 Å². The van der Waals surface area contributed by atoms with E-state index in [1.54, 1.807) is 54.5 Å². The van der Waals surface area contributed by atoms with Gasteiger partial charge in [-0.3, -0.25) is 14.5 Å². The van der Waals surface area contributed by atoms with Crippen molar-refractivity contribution in [2.75, 3.05) is 11.4 Å². The Morgan fingerprint density at radius 3 is 2.71 bits per heavy atom. The van der Waals surface area contributed by atoms with Crippen molar-refractivity contribution in [1.29, 1.82) is 0 Å². The van der Waals surface area contributed by atoms with Gasteiger partial charge in [-0.25, -0.2) is 18.7 Å². The summed E-state index contributed by atoms with van der Waals surface area (Å²) in [6, 6.07) is 11.4. The molecule has 0 radical (unpaired) electrons. The standard InChI is InChI=1S/C24H21FN6O3/c1-15-8-11-31(28-15)22-7-4-17-12-18(32)14-29(23(17)27-22)24(33)16(2)34-19-5-6-21(20(25)13-19)30-10-3-9-26-30/h3-11,13,16H,12,14H2,1-2H3. The second-order valence-corrected chi connectivity index (χ2v) is 8.02. The van der Waals surface area contributed by atoms with Crippen LogP contribution in [-0.2, 0) is 16.0 Å². The molecule has 0 spiro atoms. The fourth-order valence-electron chi connectivity index (χ4n) is 3.84. The number of hydrogen-bond donors (Lipinski definition) is 0. The number of carbonyl (C=O) groups excluding carboxylic acids is 2. The van der Waals surface area contributed by atoms with Gasteiger partial charge in [-0.05, 0) is 44.2 Å². The number of fused-ring (bicyclic) bond motifs is 1. The maximum atomic E-state index is 14.6. The highest BCUT2D eigenvalue weighted by molar-refractivity contribution is 6.04. The van der Waals surface area contributed by atoms with Gasteiger partial charge < -0.3 is 4.74 Å². The molecule has 0 N–H and O–H groups in total. The molecule has 0 aliphatic carbocycles. The van der Waals surface area contributed by atoms with Crippen molar-refractivity contribution in [2.24, 2.45) is 0 Å². The molecule has 1 unspecified atom stereocenters. The second kappa shape index (κ2) is 8.54. The van der Waals surface area contributed by atoms with Crippen LogP contribution in [0.1, 0.15) is 18.2 Å². The molecular formula is C24H21FN6O3. The number of carbonyl (C=O) groups is 2. The summed E-state index contributed by atoms with van der Waals surface area (Å²) in [6.07, 6.45) is 4.17. The molecule has 34 heavy (non-hydrogen) atoms. The monoisotopic (exact) mass is 460 g/mol. The van der Waals surface area contributed by atoms with Gasteiger partial charge in [-0.2, -0.15) is 10.2 Å². The number of benzene rings is 1. The number of ether oxygens (including phenoxy) is 1. The molecular weight excluding hydrogens is 439 g/mol. The van der Waals surface area contributed by atoms with Crippen LogP contribution in [0.15, 0.2) is 61.1 Å². The van der Waals surface area contributed by atoms with Crippen LogP contribution in [-0.4, -0.2) is 48.9 Å². The second-order valence-electron chi connectivity index (χ2n) is 8.02. The molecule has 4 aromatic rings. The Bertz CT molecular complexity index is 1380. The summed E-state index contributed by atoms with van der Waals surface area (Å²) in [5.74, 6) is 0.0146. The van der Waals surface area contributed by atoms with E-state index in [0.29, 0.717) is 17.2 Å². The van der Waals surface area contributed by atoms with Gasteiger partial charge >= 0.3 is 0 Å². The Balaban J connectivity index is 1.39. The first-order valence-corrected chi connectivity index (χ1v) is 10.7. The number of aromatic nitrogens is 5. The van der Waals surface area contributed by atoms with Crippen molar-refractivity contribution in [2.45, 2.75) is 26.4 Å². The highest BCUT2D eigenvalue weighted by atomic mass is 19.1. The number of anilines is 1. The Kier molecular flexibility index (Phi) is 5.40. The molecule has 1 atom stereocenters. The highest BCUT2D eigenvalue weighted by Gasteiger charge is 2.32. The van der Waals surface area contributed by atoms with E-state index in [9.17, 15) is 14.0 Å². The van der Waals surface area contributed by atoms with Crippen molar-refractivity contribution < 1.29 is 18.7 Å². The normalized spacial score (nSPS) is 14.1. The zero-order valence-electron chi connectivity index (χ0n) is 18.6. The van der Waals surface area contributed by atoms with E-state index in [0.717, 1.165) is 5.69 Å². The Morgan fingerprint density at radius 2 is 2.00 bits per heavy atom. The molecule has 4 heterocycles. The van der Waals surface area contributed by atoms with E-state index in [1.807, 2.05) is 13.0 Å². The Morgan fingerprint density at radius 1 is 1.15 bits per heavy atom. The third kappa shape index (κ3) is 4.05. The van der Waals surface area contributed by atoms with Gasteiger partial charge in [0, 0.05) is 36.6 Å². The molecule has 5 rings (SSSR count). The van der Waals surface area contributed by atoms with Gasteiger partial charge in [0.1, 0.15) is 17.3 Å². The first-order chi connectivity index (χ1) is 16.4. The quantitative estimate of drug-likeness (QED) is 0.455. The first kappa shape index (κ1) is 21.5. The van der Waals surface area contributed by atoms with E-state index < -0.39 is 17.8 Å². The number of ketones is 1. The largest absolute Gasteiger partial charge is 0.481 e. The van der Waals surface area contributed by atoms with Crippen molar-refractivity contribution in [3.63, 3.8) is 0 Å². The van der Waals surface area contributed by atoms with Crippen LogP contribution in [0.2, 0.25) is 0 Å². The number of nitrogens with zero attached hydrogens (tertiary/aromatic N) is 6. The number of Topliss-reactive ketones (excluding diaryl/α,β-unsaturated/α-hetero) is 1. The maximum absolute atomic E-state index is 14.6. The smallest absolute Gasteiger partial charge is 0.269 e. The van der Waals surface area contributed by atoms with E-state index in [1.165, 1.54) is 21.7 Å². The summed E-state index contributed by atoms with van der Waals surface area (Å²) in [5.41, 5.74) is 1.74. The fraction of sp³-hybridized carbons (Fsp3) is 0.208. The lowest BCUT2D eigenvalue weighted by molar-refractivity contribution is -0.127. The molecule has 0 saturated heterocycles. The number of halogens is 1. The molecule has 3 aromatic heterocycles. The van der Waals surface area contributed by atoms with Gasteiger partial charge in [-0.15, -0.1) is 0 Å². The van der Waals surface area contributed by atoms with Crippen molar-refractivity contribution in [3.05, 3.63) is 78.1 Å². The van der Waals surface area contributed by atoms with Crippen LogP contribution in [0.5, 0.6) is 5.75 Å². The first-order valence-electron chi connectivity index (χ1n) is 10.7. The summed E-state index contributed by atoms with van der Waals surface area (Å²) in [4.78, 5) is 31.5.